The highest BCUT2D eigenvalue weighted by Gasteiger charge is 2.32. The second kappa shape index (κ2) is 6.74. The van der Waals surface area contributed by atoms with Gasteiger partial charge in [0.2, 0.25) is 0 Å². The lowest BCUT2D eigenvalue weighted by Crippen LogP contribution is -2.44. The minimum Gasteiger partial charge on any atom is -0.383 e. The molecule has 2 aromatic rings. The van der Waals surface area contributed by atoms with Gasteiger partial charge in [-0.3, -0.25) is 4.98 Å². The summed E-state index contributed by atoms with van der Waals surface area (Å²) in [5.74, 6) is 0.645. The van der Waals surface area contributed by atoms with Crippen LogP contribution in [-0.2, 0) is 6.18 Å². The summed E-state index contributed by atoms with van der Waals surface area (Å²) < 4.78 is 37.8. The first-order valence-corrected chi connectivity index (χ1v) is 7.58. The number of nitrogens with one attached hydrogen (secondary N) is 1. The molecule has 2 aromatic heterocycles. The van der Waals surface area contributed by atoms with Crippen LogP contribution in [0.15, 0.2) is 36.7 Å². The first-order valence-electron chi connectivity index (χ1n) is 7.58. The molecule has 5 nitrogen and oxygen atoms in total. The zero-order chi connectivity index (χ0) is 17.2. The fourth-order valence-corrected chi connectivity index (χ4v) is 2.68. The van der Waals surface area contributed by atoms with Crippen molar-refractivity contribution in [3.05, 3.63) is 53.5 Å². The average Bonchev–Trinajstić information content (AvgIpc) is 2.61. The van der Waals surface area contributed by atoms with E-state index in [9.17, 15) is 18.3 Å². The van der Waals surface area contributed by atoms with E-state index < -0.39 is 18.0 Å². The third-order valence-corrected chi connectivity index (χ3v) is 3.92. The van der Waals surface area contributed by atoms with Gasteiger partial charge in [0.1, 0.15) is 17.6 Å². The molecule has 3 rings (SSSR count). The molecule has 1 unspecified atom stereocenters. The van der Waals surface area contributed by atoms with Gasteiger partial charge in [0, 0.05) is 49.7 Å². The number of alkyl halides is 3. The number of aliphatic hydroxyl groups excluding tert-OH is 1. The van der Waals surface area contributed by atoms with Gasteiger partial charge in [0.15, 0.2) is 0 Å². The van der Waals surface area contributed by atoms with E-state index in [0.29, 0.717) is 16.9 Å². The molecule has 0 radical (unpaired) electrons. The number of pyridine rings is 2. The molecule has 8 heteroatoms. The maximum Gasteiger partial charge on any atom is 0.433 e. The number of rotatable bonds is 3. The quantitative estimate of drug-likeness (QED) is 0.896. The van der Waals surface area contributed by atoms with Gasteiger partial charge < -0.3 is 15.3 Å². The summed E-state index contributed by atoms with van der Waals surface area (Å²) in [5.41, 5.74) is -0.125. The van der Waals surface area contributed by atoms with Gasteiger partial charge in [0.25, 0.3) is 0 Å². The van der Waals surface area contributed by atoms with Gasteiger partial charge in [-0.25, -0.2) is 4.98 Å². The van der Waals surface area contributed by atoms with Gasteiger partial charge in [-0.05, 0) is 12.1 Å². The van der Waals surface area contributed by atoms with Crippen molar-refractivity contribution in [1.82, 2.24) is 15.3 Å². The van der Waals surface area contributed by atoms with Crippen LogP contribution in [0.5, 0.6) is 0 Å². The molecule has 0 aliphatic carbocycles. The number of halogens is 3. The molecule has 0 aromatic carbocycles. The summed E-state index contributed by atoms with van der Waals surface area (Å²) in [7, 11) is 0. The van der Waals surface area contributed by atoms with E-state index in [4.69, 9.17) is 0 Å². The topological polar surface area (TPSA) is 61.3 Å². The summed E-state index contributed by atoms with van der Waals surface area (Å²) in [6, 6.07) is 5.54. The fourth-order valence-electron chi connectivity index (χ4n) is 2.68. The lowest BCUT2D eigenvalue weighted by Gasteiger charge is -2.30. The molecule has 0 saturated carbocycles. The molecule has 128 valence electrons. The van der Waals surface area contributed by atoms with Crippen molar-refractivity contribution in [2.75, 3.05) is 31.1 Å². The van der Waals surface area contributed by atoms with Gasteiger partial charge in [-0.2, -0.15) is 13.2 Å². The fraction of sp³-hybridized carbons (Fsp3) is 0.375. The van der Waals surface area contributed by atoms with Crippen LogP contribution in [0.1, 0.15) is 22.9 Å². The molecule has 1 fully saturated rings. The summed E-state index contributed by atoms with van der Waals surface area (Å²) in [5, 5.41) is 13.8. The van der Waals surface area contributed by atoms with Crippen LogP contribution in [-0.4, -0.2) is 41.3 Å². The zero-order valence-electron chi connectivity index (χ0n) is 12.8. The number of hydrogen-bond donors (Lipinski definition) is 2. The Morgan fingerprint density at radius 1 is 1.12 bits per heavy atom. The highest BCUT2D eigenvalue weighted by atomic mass is 19.4. The second-order valence-electron chi connectivity index (χ2n) is 5.53. The van der Waals surface area contributed by atoms with E-state index in [1.54, 1.807) is 18.3 Å². The second-order valence-corrected chi connectivity index (χ2v) is 5.53. The SMILES string of the molecule is OC(c1ccc(C(F)(F)F)nc1)c1cccnc1N1CCNCC1. The van der Waals surface area contributed by atoms with Crippen LogP contribution in [0.25, 0.3) is 0 Å². The molecule has 1 atom stereocenters. The smallest absolute Gasteiger partial charge is 0.383 e. The van der Waals surface area contributed by atoms with Crippen molar-refractivity contribution < 1.29 is 18.3 Å². The summed E-state index contributed by atoms with van der Waals surface area (Å²) >= 11 is 0. The normalized spacial score (nSPS) is 16.9. The number of aromatic nitrogens is 2. The minimum absolute atomic E-state index is 0.299. The summed E-state index contributed by atoms with van der Waals surface area (Å²) in [4.78, 5) is 9.80. The Labute approximate surface area is 137 Å². The van der Waals surface area contributed by atoms with E-state index >= 15 is 0 Å². The first-order chi connectivity index (χ1) is 11.5. The highest BCUT2D eigenvalue weighted by Crippen LogP contribution is 2.31. The van der Waals surface area contributed by atoms with Gasteiger partial charge in [0.05, 0.1) is 0 Å². The largest absolute Gasteiger partial charge is 0.433 e. The maximum atomic E-state index is 12.6. The lowest BCUT2D eigenvalue weighted by atomic mass is 10.0. The number of aliphatic hydroxyl groups is 1. The maximum absolute atomic E-state index is 12.6. The van der Waals surface area contributed by atoms with Crippen LogP contribution >= 0.6 is 0 Å². The van der Waals surface area contributed by atoms with Gasteiger partial charge in [-0.1, -0.05) is 12.1 Å². The predicted molar refractivity (Wildman–Crippen MR) is 82.6 cm³/mol. The molecular formula is C16H17F3N4O. The molecule has 0 spiro atoms. The molecule has 24 heavy (non-hydrogen) atoms. The van der Waals surface area contributed by atoms with Crippen molar-refractivity contribution in [3.8, 4) is 0 Å². The van der Waals surface area contributed by atoms with Crippen molar-refractivity contribution >= 4 is 5.82 Å². The Morgan fingerprint density at radius 3 is 2.50 bits per heavy atom. The third-order valence-electron chi connectivity index (χ3n) is 3.92. The van der Waals surface area contributed by atoms with Crippen molar-refractivity contribution in [1.29, 1.82) is 0 Å². The predicted octanol–water partition coefficient (Wildman–Crippen LogP) is 1.99. The minimum atomic E-state index is -4.50. The Hall–Kier alpha value is -2.19. The Morgan fingerprint density at radius 2 is 1.88 bits per heavy atom. The standard InChI is InChI=1S/C16H17F3N4O/c17-16(18,19)13-4-3-11(10-22-13)14(24)12-2-1-5-21-15(12)23-8-6-20-7-9-23/h1-5,10,14,20,24H,6-9H2. The van der Waals surface area contributed by atoms with Crippen LogP contribution in [0, 0.1) is 0 Å². The van der Waals surface area contributed by atoms with E-state index in [1.165, 1.54) is 6.07 Å². The summed E-state index contributed by atoms with van der Waals surface area (Å²) in [6.07, 6.45) is -2.89. The van der Waals surface area contributed by atoms with Gasteiger partial charge >= 0.3 is 6.18 Å². The molecule has 3 heterocycles. The van der Waals surface area contributed by atoms with Crippen molar-refractivity contribution in [3.63, 3.8) is 0 Å². The molecule has 1 aliphatic heterocycles. The van der Waals surface area contributed by atoms with Crippen LogP contribution in [0.2, 0.25) is 0 Å². The lowest BCUT2D eigenvalue weighted by molar-refractivity contribution is -0.141. The highest BCUT2D eigenvalue weighted by molar-refractivity contribution is 5.50. The monoisotopic (exact) mass is 338 g/mol. The van der Waals surface area contributed by atoms with E-state index in [0.717, 1.165) is 38.4 Å². The van der Waals surface area contributed by atoms with E-state index in [2.05, 4.69) is 15.3 Å². The van der Waals surface area contributed by atoms with Gasteiger partial charge in [-0.15, -0.1) is 0 Å². The summed E-state index contributed by atoms with van der Waals surface area (Å²) in [6.45, 7) is 3.13. The Bertz CT molecular complexity index is 684. The van der Waals surface area contributed by atoms with E-state index in [1.807, 2.05) is 4.90 Å². The average molecular weight is 338 g/mol. The Kier molecular flexibility index (Phi) is 4.68. The zero-order valence-corrected chi connectivity index (χ0v) is 12.8. The van der Waals surface area contributed by atoms with Crippen LogP contribution < -0.4 is 10.2 Å². The number of nitrogens with zero attached hydrogens (tertiary/aromatic N) is 3. The molecular weight excluding hydrogens is 321 g/mol. The molecule has 2 N–H and O–H groups in total. The molecule has 0 amide bonds. The van der Waals surface area contributed by atoms with Crippen LogP contribution in [0.3, 0.4) is 0 Å². The van der Waals surface area contributed by atoms with Crippen molar-refractivity contribution in [2.24, 2.45) is 0 Å². The van der Waals surface area contributed by atoms with Crippen LogP contribution in [0.4, 0.5) is 19.0 Å². The van der Waals surface area contributed by atoms with E-state index in [-0.39, 0.29) is 0 Å². The van der Waals surface area contributed by atoms with Crippen molar-refractivity contribution in [2.45, 2.75) is 12.3 Å². The molecule has 0 bridgehead atoms. The third kappa shape index (κ3) is 3.49. The first kappa shape index (κ1) is 16.7. The number of anilines is 1. The Balaban J connectivity index is 1.88. The number of piperazine rings is 1. The molecule has 1 aliphatic rings. The number of hydrogen-bond acceptors (Lipinski definition) is 5. The molecule has 1 saturated heterocycles.